The van der Waals surface area contributed by atoms with Crippen molar-refractivity contribution in [3.63, 3.8) is 0 Å². The third-order valence-corrected chi connectivity index (χ3v) is 3.60. The van der Waals surface area contributed by atoms with Gasteiger partial charge in [-0.25, -0.2) is 0 Å². The van der Waals surface area contributed by atoms with Gasteiger partial charge in [-0.3, -0.25) is 9.74 Å². The lowest BCUT2D eigenvalue weighted by molar-refractivity contribution is -0.145. The van der Waals surface area contributed by atoms with Crippen molar-refractivity contribution in [1.29, 1.82) is 0 Å². The molecule has 6 heteroatoms. The molecule has 2 atom stereocenters. The first-order valence-corrected chi connectivity index (χ1v) is 6.59. The first-order valence-electron chi connectivity index (χ1n) is 5.27. The number of hydroxylamine groups is 2. The number of benzene rings is 1. The second-order valence-electron chi connectivity index (χ2n) is 4.00. The van der Waals surface area contributed by atoms with Crippen molar-refractivity contribution in [3.05, 3.63) is 34.9 Å². The minimum Gasteiger partial charge on any atom is -0.330 e. The van der Waals surface area contributed by atoms with Crippen LogP contribution in [0.2, 0.25) is 5.02 Å². The lowest BCUT2D eigenvalue weighted by Crippen LogP contribution is -2.36. The van der Waals surface area contributed by atoms with E-state index in [0.29, 0.717) is 10.8 Å². The monoisotopic (exact) mass is 274 g/mol. The van der Waals surface area contributed by atoms with Gasteiger partial charge in [-0.2, -0.15) is 5.06 Å². The second-order valence-corrected chi connectivity index (χ2v) is 5.03. The molecular weight excluding hydrogens is 260 g/mol. The van der Waals surface area contributed by atoms with Crippen LogP contribution in [0.3, 0.4) is 0 Å². The normalized spacial score (nSPS) is 26.6. The van der Waals surface area contributed by atoms with Gasteiger partial charge in [0.05, 0.1) is 11.9 Å². The van der Waals surface area contributed by atoms with Gasteiger partial charge < -0.3 is 4.55 Å². The smallest absolute Gasteiger partial charge is 0.159 e. The zero-order chi connectivity index (χ0) is 12.4. The summed E-state index contributed by atoms with van der Waals surface area (Å²) < 4.78 is 8.95. The van der Waals surface area contributed by atoms with Gasteiger partial charge in [0.25, 0.3) is 0 Å². The highest BCUT2D eigenvalue weighted by Gasteiger charge is 2.36. The zero-order valence-corrected chi connectivity index (χ0v) is 11.3. The Bertz CT molecular complexity index is 376. The molecule has 1 aromatic rings. The molecule has 17 heavy (non-hydrogen) atoms. The molecular formula is C11H15ClN2O2S. The fourth-order valence-corrected chi connectivity index (χ4v) is 2.63. The largest absolute Gasteiger partial charge is 0.330 e. The van der Waals surface area contributed by atoms with Crippen LogP contribution in [0.1, 0.15) is 11.8 Å². The number of nitrogens with zero attached hydrogens (tertiary/aromatic N) is 2. The predicted octanol–water partition coefficient (Wildman–Crippen LogP) is 2.68. The van der Waals surface area contributed by atoms with E-state index < -0.39 is 0 Å². The summed E-state index contributed by atoms with van der Waals surface area (Å²) in [5.74, 6) is 0.580. The Morgan fingerprint density at radius 3 is 2.59 bits per heavy atom. The van der Waals surface area contributed by atoms with Crippen molar-refractivity contribution < 1.29 is 9.39 Å². The van der Waals surface area contributed by atoms with Crippen molar-refractivity contribution in [2.45, 2.75) is 12.4 Å². The van der Waals surface area contributed by atoms with Gasteiger partial charge >= 0.3 is 0 Å². The Morgan fingerprint density at radius 2 is 2.00 bits per heavy atom. The number of rotatable bonds is 3. The van der Waals surface area contributed by atoms with E-state index in [1.807, 2.05) is 38.4 Å². The summed E-state index contributed by atoms with van der Waals surface area (Å²) in [5, 5.41) is 2.48. The molecule has 0 spiro atoms. The van der Waals surface area contributed by atoms with Gasteiger partial charge in [-0.15, -0.1) is 0 Å². The average Bonchev–Trinajstić information content (AvgIpc) is 2.59. The molecule has 4 nitrogen and oxygen atoms in total. The highest BCUT2D eigenvalue weighted by atomic mass is 35.5. The number of halogens is 1. The molecule has 0 radical (unpaired) electrons. The maximum atomic E-state index is 8.95. The van der Waals surface area contributed by atoms with Crippen LogP contribution in [-0.4, -0.2) is 40.5 Å². The Morgan fingerprint density at radius 1 is 1.35 bits per heavy atom. The summed E-state index contributed by atoms with van der Waals surface area (Å²) in [6.07, 6.45) is -0.0694. The molecule has 2 unspecified atom stereocenters. The molecule has 0 bridgehead atoms. The minimum absolute atomic E-state index is 0.0608. The molecule has 1 N–H and O–H groups in total. The summed E-state index contributed by atoms with van der Waals surface area (Å²) in [7, 11) is 3.84. The molecule has 1 aliphatic rings. The Hall–Kier alpha value is -0.300. The van der Waals surface area contributed by atoms with Gasteiger partial charge in [0.1, 0.15) is 0 Å². The maximum Gasteiger partial charge on any atom is 0.159 e. The van der Waals surface area contributed by atoms with Crippen LogP contribution in [0.25, 0.3) is 0 Å². The molecule has 0 amide bonds. The molecule has 1 aliphatic heterocycles. The van der Waals surface area contributed by atoms with Gasteiger partial charge in [0.15, 0.2) is 6.23 Å². The van der Waals surface area contributed by atoms with Crippen molar-refractivity contribution in [1.82, 2.24) is 9.96 Å². The standard InChI is InChI=1S/C11H15ClN2O2S/c1-13-10(7-17-15)14(2)16-11(13)8-3-5-9(12)6-4-8/h3-6,10-11,15H,7H2,1-2H3. The molecule has 94 valence electrons. The van der Waals surface area contributed by atoms with Crippen LogP contribution < -0.4 is 0 Å². The molecule has 0 aliphatic carbocycles. The quantitative estimate of drug-likeness (QED) is 0.858. The Kier molecular flexibility index (Phi) is 4.30. The fourth-order valence-electron chi connectivity index (χ4n) is 1.93. The van der Waals surface area contributed by atoms with E-state index in [4.69, 9.17) is 21.0 Å². The number of hydrogen-bond acceptors (Lipinski definition) is 5. The molecule has 1 heterocycles. The van der Waals surface area contributed by atoms with E-state index in [1.54, 1.807) is 5.06 Å². The van der Waals surface area contributed by atoms with E-state index in [-0.39, 0.29) is 12.4 Å². The zero-order valence-electron chi connectivity index (χ0n) is 9.71. The van der Waals surface area contributed by atoms with Crippen LogP contribution in [-0.2, 0) is 4.84 Å². The van der Waals surface area contributed by atoms with E-state index in [1.165, 1.54) is 0 Å². The van der Waals surface area contributed by atoms with Crippen LogP contribution in [0, 0.1) is 0 Å². The molecule has 1 aromatic carbocycles. The first kappa shape index (κ1) is 13.1. The third kappa shape index (κ3) is 2.76. The summed E-state index contributed by atoms with van der Waals surface area (Å²) in [6, 6.07) is 7.60. The Balaban J connectivity index is 2.15. The minimum atomic E-state index is -0.130. The van der Waals surface area contributed by atoms with Crippen molar-refractivity contribution in [2.75, 3.05) is 19.8 Å². The van der Waals surface area contributed by atoms with Crippen LogP contribution in [0.5, 0.6) is 0 Å². The molecule has 0 aromatic heterocycles. The topological polar surface area (TPSA) is 35.9 Å². The van der Waals surface area contributed by atoms with Crippen LogP contribution in [0.4, 0.5) is 0 Å². The second kappa shape index (κ2) is 5.56. The lowest BCUT2D eigenvalue weighted by Gasteiger charge is -2.22. The van der Waals surface area contributed by atoms with Gasteiger partial charge in [-0.05, 0) is 36.8 Å². The highest BCUT2D eigenvalue weighted by molar-refractivity contribution is 7.93. The summed E-state index contributed by atoms with van der Waals surface area (Å²) >= 11 is 6.68. The average molecular weight is 275 g/mol. The van der Waals surface area contributed by atoms with Crippen LogP contribution >= 0.6 is 23.6 Å². The molecule has 1 saturated heterocycles. The van der Waals surface area contributed by atoms with Crippen molar-refractivity contribution in [3.8, 4) is 0 Å². The van der Waals surface area contributed by atoms with Gasteiger partial charge in [0, 0.05) is 12.1 Å². The lowest BCUT2D eigenvalue weighted by atomic mass is 10.2. The molecule has 1 fully saturated rings. The van der Waals surface area contributed by atoms with Gasteiger partial charge in [0.2, 0.25) is 0 Å². The molecule has 0 saturated carbocycles. The first-order chi connectivity index (χ1) is 8.13. The van der Waals surface area contributed by atoms with Crippen molar-refractivity contribution >= 4 is 23.6 Å². The third-order valence-electron chi connectivity index (χ3n) is 2.90. The van der Waals surface area contributed by atoms with E-state index in [0.717, 1.165) is 17.6 Å². The van der Waals surface area contributed by atoms with E-state index in [9.17, 15) is 0 Å². The number of hydrogen-bond donors (Lipinski definition) is 1. The fraction of sp³-hybridized carbons (Fsp3) is 0.455. The summed E-state index contributed by atoms with van der Waals surface area (Å²) in [4.78, 5) is 7.83. The maximum absolute atomic E-state index is 8.95. The summed E-state index contributed by atoms with van der Waals surface area (Å²) in [5.41, 5.74) is 1.05. The van der Waals surface area contributed by atoms with E-state index >= 15 is 0 Å². The highest BCUT2D eigenvalue weighted by Crippen LogP contribution is 2.32. The Labute approximate surface area is 110 Å². The van der Waals surface area contributed by atoms with Crippen LogP contribution in [0.15, 0.2) is 24.3 Å². The SMILES string of the molecule is CN1OC(c2ccc(Cl)cc2)N(C)C1CSO. The van der Waals surface area contributed by atoms with E-state index in [2.05, 4.69) is 4.90 Å². The predicted molar refractivity (Wildman–Crippen MR) is 69.7 cm³/mol. The summed E-state index contributed by atoms with van der Waals surface area (Å²) in [6.45, 7) is 0. The van der Waals surface area contributed by atoms with Crippen molar-refractivity contribution in [2.24, 2.45) is 0 Å². The van der Waals surface area contributed by atoms with Gasteiger partial charge in [-0.1, -0.05) is 23.7 Å². The molecule has 2 rings (SSSR count).